The number of hydrogen-bond acceptors (Lipinski definition) is 6. The molecule has 1 heterocycles. The normalized spacial score (nSPS) is 11.8. The van der Waals surface area contributed by atoms with E-state index in [1.165, 1.54) is 23.8 Å². The number of carbonyl (C=O) groups excluding carboxylic acids is 2. The lowest BCUT2D eigenvalue weighted by Crippen LogP contribution is -2.31. The second-order valence-corrected chi connectivity index (χ2v) is 7.88. The highest BCUT2D eigenvalue weighted by Crippen LogP contribution is 2.29. The largest absolute Gasteiger partial charge is 0.451 e. The highest BCUT2D eigenvalue weighted by atomic mass is 32.1. The maximum Gasteiger partial charge on any atom is 0.348 e. The van der Waals surface area contributed by atoms with E-state index >= 15 is 0 Å². The Hall–Kier alpha value is -3.26. The first-order valence-corrected chi connectivity index (χ1v) is 9.78. The molecule has 2 aromatic carbocycles. The van der Waals surface area contributed by atoms with Crippen LogP contribution in [0, 0.1) is 24.0 Å². The van der Waals surface area contributed by atoms with E-state index in [2.05, 4.69) is 5.32 Å². The molecule has 8 heteroatoms. The number of nitro groups is 1. The number of ether oxygens (including phenoxy) is 1. The minimum Gasteiger partial charge on any atom is -0.451 e. The first-order chi connectivity index (χ1) is 13.7. The third-order valence-corrected chi connectivity index (χ3v) is 5.75. The molecule has 0 unspecified atom stereocenters. The van der Waals surface area contributed by atoms with Crippen molar-refractivity contribution < 1.29 is 19.2 Å². The number of esters is 1. The van der Waals surface area contributed by atoms with E-state index in [1.807, 2.05) is 39.0 Å². The summed E-state index contributed by atoms with van der Waals surface area (Å²) in [7, 11) is 0. The van der Waals surface area contributed by atoms with Crippen molar-refractivity contribution in [2.24, 2.45) is 0 Å². The Morgan fingerprint density at radius 1 is 1.14 bits per heavy atom. The second-order valence-electron chi connectivity index (χ2n) is 6.80. The highest BCUT2D eigenvalue weighted by molar-refractivity contribution is 7.20. The lowest BCUT2D eigenvalue weighted by molar-refractivity contribution is -0.384. The van der Waals surface area contributed by atoms with Gasteiger partial charge in [-0.25, -0.2) is 4.79 Å². The number of nitrogens with zero attached hydrogens (tertiary/aromatic N) is 1. The predicted octanol–water partition coefficient (Wildman–Crippen LogP) is 4.46. The van der Waals surface area contributed by atoms with Gasteiger partial charge in [-0.05, 0) is 49.6 Å². The number of amides is 1. The van der Waals surface area contributed by atoms with Crippen molar-refractivity contribution in [3.8, 4) is 0 Å². The zero-order valence-corrected chi connectivity index (χ0v) is 17.0. The van der Waals surface area contributed by atoms with Crippen molar-refractivity contribution in [1.29, 1.82) is 0 Å². The van der Waals surface area contributed by atoms with Gasteiger partial charge in [-0.1, -0.05) is 18.2 Å². The molecule has 0 aliphatic rings. The van der Waals surface area contributed by atoms with E-state index < -0.39 is 23.4 Å². The Morgan fingerprint density at radius 2 is 1.90 bits per heavy atom. The highest BCUT2D eigenvalue weighted by Gasteiger charge is 2.17. The first-order valence-electron chi connectivity index (χ1n) is 8.96. The SMILES string of the molecule is Cc1ccc([C@@H](C)NC(=O)COC(=O)c2cc3cc([N+](=O)[O-])ccc3s2)cc1C. The van der Waals surface area contributed by atoms with E-state index in [-0.39, 0.29) is 16.6 Å². The molecule has 1 amide bonds. The van der Waals surface area contributed by atoms with Crippen LogP contribution in [-0.4, -0.2) is 23.4 Å². The van der Waals surface area contributed by atoms with Gasteiger partial charge in [0.1, 0.15) is 4.88 Å². The molecule has 1 atom stereocenters. The standard InChI is InChI=1S/C21H20N2O5S/c1-12-4-5-15(8-13(12)2)14(3)22-20(24)11-28-21(25)19-10-16-9-17(23(26)27)6-7-18(16)29-19/h4-10,14H,11H2,1-3H3,(H,22,24)/t14-/m1/s1. The van der Waals surface area contributed by atoms with Crippen LogP contribution >= 0.6 is 11.3 Å². The van der Waals surface area contributed by atoms with Gasteiger partial charge < -0.3 is 10.1 Å². The van der Waals surface area contributed by atoms with Gasteiger partial charge in [-0.15, -0.1) is 11.3 Å². The summed E-state index contributed by atoms with van der Waals surface area (Å²) in [6.45, 7) is 5.49. The molecule has 0 aliphatic carbocycles. The topological polar surface area (TPSA) is 98.5 Å². The maximum absolute atomic E-state index is 12.2. The van der Waals surface area contributed by atoms with Crippen LogP contribution in [0.3, 0.4) is 0 Å². The van der Waals surface area contributed by atoms with E-state index in [0.717, 1.165) is 27.2 Å². The molecule has 1 aromatic heterocycles. The van der Waals surface area contributed by atoms with Gasteiger partial charge >= 0.3 is 5.97 Å². The summed E-state index contributed by atoms with van der Waals surface area (Å²) in [5.41, 5.74) is 3.24. The zero-order chi connectivity index (χ0) is 21.1. The van der Waals surface area contributed by atoms with Gasteiger partial charge in [0.2, 0.25) is 0 Å². The lowest BCUT2D eigenvalue weighted by Gasteiger charge is -2.15. The average Bonchev–Trinajstić information content (AvgIpc) is 3.11. The number of thiophene rings is 1. The molecule has 1 N–H and O–H groups in total. The van der Waals surface area contributed by atoms with Crippen LogP contribution in [0.5, 0.6) is 0 Å². The van der Waals surface area contributed by atoms with Gasteiger partial charge in [-0.3, -0.25) is 14.9 Å². The number of nitrogens with one attached hydrogen (secondary N) is 1. The number of rotatable bonds is 6. The summed E-state index contributed by atoms with van der Waals surface area (Å²) in [4.78, 5) is 35.1. The number of nitro benzene ring substituents is 1. The Kier molecular flexibility index (Phi) is 5.93. The van der Waals surface area contributed by atoms with Gasteiger partial charge in [0, 0.05) is 22.2 Å². The van der Waals surface area contributed by atoms with Crippen LogP contribution in [0.2, 0.25) is 0 Å². The van der Waals surface area contributed by atoms with E-state index in [4.69, 9.17) is 4.74 Å². The first kappa shape index (κ1) is 20.5. The molecule has 3 rings (SSSR count). The third-order valence-electron chi connectivity index (χ3n) is 4.65. The van der Waals surface area contributed by atoms with Gasteiger partial charge in [-0.2, -0.15) is 0 Å². The molecule has 3 aromatic rings. The lowest BCUT2D eigenvalue weighted by atomic mass is 10.0. The van der Waals surface area contributed by atoms with Crippen molar-refractivity contribution in [1.82, 2.24) is 5.32 Å². The fraction of sp³-hybridized carbons (Fsp3) is 0.238. The third kappa shape index (κ3) is 4.78. The zero-order valence-electron chi connectivity index (χ0n) is 16.2. The molecule has 150 valence electrons. The van der Waals surface area contributed by atoms with Gasteiger partial charge in [0.25, 0.3) is 11.6 Å². The molecule has 0 bridgehead atoms. The van der Waals surface area contributed by atoms with Crippen LogP contribution in [0.15, 0.2) is 42.5 Å². The summed E-state index contributed by atoms with van der Waals surface area (Å²) < 4.78 is 5.83. The fourth-order valence-corrected chi connectivity index (χ4v) is 3.78. The summed E-state index contributed by atoms with van der Waals surface area (Å²) in [5.74, 6) is -1.04. The molecule has 0 aliphatic heterocycles. The van der Waals surface area contributed by atoms with Crippen LogP contribution in [0.4, 0.5) is 5.69 Å². The van der Waals surface area contributed by atoms with Gasteiger partial charge in [0.05, 0.1) is 11.0 Å². The summed E-state index contributed by atoms with van der Waals surface area (Å²) in [5, 5.41) is 14.3. The maximum atomic E-state index is 12.2. The molecular formula is C21H20N2O5S. The van der Waals surface area contributed by atoms with E-state index in [9.17, 15) is 19.7 Å². The number of benzene rings is 2. The Balaban J connectivity index is 1.59. The summed E-state index contributed by atoms with van der Waals surface area (Å²) >= 11 is 1.16. The molecule has 0 fully saturated rings. The predicted molar refractivity (Wildman–Crippen MR) is 111 cm³/mol. The Labute approximate surface area is 171 Å². The summed E-state index contributed by atoms with van der Waals surface area (Å²) in [6, 6.07) is 11.7. The Bertz CT molecular complexity index is 1110. The molecule has 0 radical (unpaired) electrons. The Morgan fingerprint density at radius 3 is 2.59 bits per heavy atom. The van der Waals surface area contributed by atoms with Crippen molar-refractivity contribution in [3.63, 3.8) is 0 Å². The van der Waals surface area contributed by atoms with Crippen LogP contribution in [-0.2, 0) is 9.53 Å². The van der Waals surface area contributed by atoms with Crippen LogP contribution in [0.1, 0.15) is 39.3 Å². The quantitative estimate of drug-likeness (QED) is 0.366. The van der Waals surface area contributed by atoms with E-state index in [0.29, 0.717) is 5.39 Å². The van der Waals surface area contributed by atoms with E-state index in [1.54, 1.807) is 6.07 Å². The number of non-ortho nitro benzene ring substituents is 1. The molecule has 0 saturated carbocycles. The number of carbonyl (C=O) groups is 2. The second kappa shape index (κ2) is 8.40. The molecule has 0 saturated heterocycles. The minimum absolute atomic E-state index is 0.0464. The van der Waals surface area contributed by atoms with Crippen molar-refractivity contribution in [2.75, 3.05) is 6.61 Å². The molecule has 7 nitrogen and oxygen atoms in total. The molecule has 0 spiro atoms. The molecule has 29 heavy (non-hydrogen) atoms. The average molecular weight is 412 g/mol. The van der Waals surface area contributed by atoms with Crippen molar-refractivity contribution in [2.45, 2.75) is 26.8 Å². The van der Waals surface area contributed by atoms with Crippen LogP contribution < -0.4 is 5.32 Å². The van der Waals surface area contributed by atoms with Gasteiger partial charge in [0.15, 0.2) is 6.61 Å². The summed E-state index contributed by atoms with van der Waals surface area (Å²) in [6.07, 6.45) is 0. The smallest absolute Gasteiger partial charge is 0.348 e. The molecular weight excluding hydrogens is 392 g/mol. The number of aryl methyl sites for hydroxylation is 2. The minimum atomic E-state index is -0.636. The number of hydrogen-bond donors (Lipinski definition) is 1. The van der Waals surface area contributed by atoms with Crippen LogP contribution in [0.25, 0.3) is 10.1 Å². The van der Waals surface area contributed by atoms with Crippen molar-refractivity contribution in [3.05, 3.63) is 74.1 Å². The number of fused-ring (bicyclic) bond motifs is 1. The van der Waals surface area contributed by atoms with Crippen molar-refractivity contribution >= 4 is 39.0 Å². The fourth-order valence-electron chi connectivity index (χ4n) is 2.85. The monoisotopic (exact) mass is 412 g/mol.